The van der Waals surface area contributed by atoms with Crippen LogP contribution in [0.4, 0.5) is 0 Å². The predicted molar refractivity (Wildman–Crippen MR) is 115 cm³/mol. The fourth-order valence-corrected chi connectivity index (χ4v) is 6.45. The van der Waals surface area contributed by atoms with Gasteiger partial charge in [-0.25, -0.2) is 18.1 Å². The molecular weight excluding hydrogens is 426 g/mol. The molecule has 0 atom stereocenters. The van der Waals surface area contributed by atoms with Crippen molar-refractivity contribution in [1.29, 1.82) is 0 Å². The number of piperidine rings is 1. The lowest BCUT2D eigenvalue weighted by Gasteiger charge is -2.32. The van der Waals surface area contributed by atoms with E-state index in [9.17, 15) is 13.2 Å². The number of sulfonamides is 1. The van der Waals surface area contributed by atoms with Gasteiger partial charge in [-0.05, 0) is 24.3 Å². The van der Waals surface area contributed by atoms with E-state index in [0.717, 1.165) is 16.3 Å². The fourth-order valence-electron chi connectivity index (χ4n) is 3.31. The summed E-state index contributed by atoms with van der Waals surface area (Å²) < 4.78 is 27.8. The van der Waals surface area contributed by atoms with Crippen LogP contribution in [0.15, 0.2) is 57.4 Å². The van der Waals surface area contributed by atoms with Gasteiger partial charge in [-0.3, -0.25) is 4.79 Å². The second kappa shape index (κ2) is 8.74. The van der Waals surface area contributed by atoms with Crippen molar-refractivity contribution in [2.75, 3.05) is 13.1 Å². The standard InChI is InChI=1S/C20H21N3O3S3/c24-18(13-17-14-28-20(21-17)15-5-2-1-3-6-15)23-10-8-16(9-11-23)22-29(25,26)19-7-4-12-27-19/h1-7,12,14,16,22H,8-11,13H2. The summed E-state index contributed by atoms with van der Waals surface area (Å²) in [5, 5.41) is 4.59. The molecule has 0 saturated carbocycles. The van der Waals surface area contributed by atoms with Gasteiger partial charge in [0.05, 0.1) is 12.1 Å². The van der Waals surface area contributed by atoms with Crippen LogP contribution in [0.25, 0.3) is 10.6 Å². The van der Waals surface area contributed by atoms with Gasteiger partial charge in [-0.1, -0.05) is 36.4 Å². The van der Waals surface area contributed by atoms with Crippen molar-refractivity contribution in [1.82, 2.24) is 14.6 Å². The van der Waals surface area contributed by atoms with Gasteiger partial charge in [0.15, 0.2) is 0 Å². The van der Waals surface area contributed by atoms with E-state index in [1.807, 2.05) is 35.7 Å². The van der Waals surface area contributed by atoms with Crippen LogP contribution in [-0.4, -0.2) is 43.3 Å². The number of carbonyl (C=O) groups excluding carboxylic acids is 1. The van der Waals surface area contributed by atoms with Crippen LogP contribution in [0.3, 0.4) is 0 Å². The summed E-state index contributed by atoms with van der Waals surface area (Å²) in [5.74, 6) is 0.0366. The molecule has 1 saturated heterocycles. The maximum Gasteiger partial charge on any atom is 0.250 e. The highest BCUT2D eigenvalue weighted by molar-refractivity contribution is 7.91. The first kappa shape index (κ1) is 20.2. The molecule has 3 heterocycles. The second-order valence-corrected chi connectivity index (χ2v) is 10.6. The molecule has 4 rings (SSSR count). The molecule has 2 aromatic heterocycles. The maximum atomic E-state index is 12.6. The molecule has 6 nitrogen and oxygen atoms in total. The zero-order valence-corrected chi connectivity index (χ0v) is 18.1. The van der Waals surface area contributed by atoms with Crippen molar-refractivity contribution >= 4 is 38.6 Å². The van der Waals surface area contributed by atoms with Crippen LogP contribution in [0, 0.1) is 0 Å². The van der Waals surface area contributed by atoms with Gasteiger partial charge in [-0.15, -0.1) is 22.7 Å². The van der Waals surface area contributed by atoms with Gasteiger partial charge >= 0.3 is 0 Å². The summed E-state index contributed by atoms with van der Waals surface area (Å²) >= 11 is 2.74. The zero-order chi connectivity index (χ0) is 20.3. The van der Waals surface area contributed by atoms with Crippen LogP contribution < -0.4 is 4.72 Å². The van der Waals surface area contributed by atoms with E-state index in [2.05, 4.69) is 9.71 Å². The fraction of sp³-hybridized carbons (Fsp3) is 0.300. The van der Waals surface area contributed by atoms with Crippen molar-refractivity contribution in [2.24, 2.45) is 0 Å². The third-order valence-corrected chi connectivity index (χ3v) is 8.69. The topological polar surface area (TPSA) is 79.4 Å². The largest absolute Gasteiger partial charge is 0.342 e. The Labute approximate surface area is 178 Å². The molecule has 152 valence electrons. The number of aromatic nitrogens is 1. The Hall–Kier alpha value is -2.07. The number of likely N-dealkylation sites (tertiary alicyclic amines) is 1. The Morgan fingerprint density at radius 3 is 2.55 bits per heavy atom. The lowest BCUT2D eigenvalue weighted by Crippen LogP contribution is -2.46. The zero-order valence-electron chi connectivity index (χ0n) is 15.7. The van der Waals surface area contributed by atoms with Gasteiger partial charge in [0, 0.05) is 30.1 Å². The summed E-state index contributed by atoms with van der Waals surface area (Å²) in [6.07, 6.45) is 1.50. The number of nitrogens with zero attached hydrogens (tertiary/aromatic N) is 2. The smallest absolute Gasteiger partial charge is 0.250 e. The number of carbonyl (C=O) groups is 1. The molecule has 1 aromatic carbocycles. The highest BCUT2D eigenvalue weighted by Gasteiger charge is 2.27. The number of benzene rings is 1. The molecule has 3 aromatic rings. The lowest BCUT2D eigenvalue weighted by atomic mass is 10.1. The van der Waals surface area contributed by atoms with Gasteiger partial charge in [-0.2, -0.15) is 0 Å². The van der Waals surface area contributed by atoms with Gasteiger partial charge in [0.2, 0.25) is 15.9 Å². The molecule has 9 heteroatoms. The minimum absolute atomic E-state index is 0.0366. The summed E-state index contributed by atoms with van der Waals surface area (Å²) in [6.45, 7) is 1.10. The second-order valence-electron chi connectivity index (χ2n) is 6.90. The van der Waals surface area contributed by atoms with E-state index in [1.54, 1.807) is 22.4 Å². The van der Waals surface area contributed by atoms with E-state index in [0.29, 0.717) is 30.1 Å². The molecule has 1 aliphatic rings. The van der Waals surface area contributed by atoms with Crippen molar-refractivity contribution in [2.45, 2.75) is 29.5 Å². The van der Waals surface area contributed by atoms with Crippen molar-refractivity contribution in [3.05, 3.63) is 58.9 Å². The quantitative estimate of drug-likeness (QED) is 0.628. The lowest BCUT2D eigenvalue weighted by molar-refractivity contribution is -0.131. The van der Waals surface area contributed by atoms with Crippen molar-refractivity contribution in [3.63, 3.8) is 0 Å². The average Bonchev–Trinajstić information content (AvgIpc) is 3.42. The van der Waals surface area contributed by atoms with Gasteiger partial charge in [0.25, 0.3) is 0 Å². The third-order valence-electron chi connectivity index (χ3n) is 4.83. The first-order valence-corrected chi connectivity index (χ1v) is 12.6. The molecule has 0 aliphatic carbocycles. The van der Waals surface area contributed by atoms with E-state index >= 15 is 0 Å². The first-order chi connectivity index (χ1) is 14.0. The van der Waals surface area contributed by atoms with Crippen molar-refractivity contribution in [3.8, 4) is 10.6 Å². The van der Waals surface area contributed by atoms with E-state index in [4.69, 9.17) is 0 Å². The molecular formula is C20H21N3O3S3. The molecule has 1 amide bonds. The molecule has 1 aliphatic heterocycles. The van der Waals surface area contributed by atoms with Crippen LogP contribution in [0.1, 0.15) is 18.5 Å². The van der Waals surface area contributed by atoms with E-state index < -0.39 is 10.0 Å². The highest BCUT2D eigenvalue weighted by Crippen LogP contribution is 2.24. The summed E-state index contributed by atoms with van der Waals surface area (Å²) in [6, 6.07) is 13.1. The first-order valence-electron chi connectivity index (χ1n) is 9.35. The molecule has 0 unspecified atom stereocenters. The summed E-state index contributed by atoms with van der Waals surface area (Å²) in [4.78, 5) is 19.0. The van der Waals surface area contributed by atoms with Gasteiger partial charge in [0.1, 0.15) is 9.22 Å². The molecule has 0 spiro atoms. The van der Waals surface area contributed by atoms with E-state index in [1.165, 1.54) is 22.7 Å². The number of thiophene rings is 1. The Morgan fingerprint density at radius 2 is 1.86 bits per heavy atom. The minimum atomic E-state index is -3.47. The Kier molecular flexibility index (Phi) is 6.09. The number of rotatable bonds is 6. The van der Waals surface area contributed by atoms with Gasteiger partial charge < -0.3 is 4.90 Å². The number of nitrogens with one attached hydrogen (secondary N) is 1. The SMILES string of the molecule is O=C(Cc1csc(-c2ccccc2)n1)N1CCC(NS(=O)(=O)c2cccs2)CC1. The minimum Gasteiger partial charge on any atom is -0.342 e. The van der Waals surface area contributed by atoms with Crippen molar-refractivity contribution < 1.29 is 13.2 Å². The van der Waals surface area contributed by atoms with Crippen LogP contribution in [-0.2, 0) is 21.2 Å². The van der Waals surface area contributed by atoms with Crippen LogP contribution >= 0.6 is 22.7 Å². The number of amides is 1. The predicted octanol–water partition coefficient (Wildman–Crippen LogP) is 3.38. The average molecular weight is 448 g/mol. The highest BCUT2D eigenvalue weighted by atomic mass is 32.2. The Balaban J connectivity index is 1.30. The van der Waals surface area contributed by atoms with E-state index in [-0.39, 0.29) is 18.4 Å². The molecule has 0 radical (unpaired) electrons. The number of thiazole rings is 1. The Morgan fingerprint density at radius 1 is 1.10 bits per heavy atom. The van der Waals surface area contributed by atoms with Crippen LogP contribution in [0.2, 0.25) is 0 Å². The number of hydrogen-bond donors (Lipinski definition) is 1. The molecule has 29 heavy (non-hydrogen) atoms. The normalized spacial score (nSPS) is 15.5. The monoisotopic (exact) mass is 447 g/mol. The number of hydrogen-bond acceptors (Lipinski definition) is 6. The third kappa shape index (κ3) is 4.92. The maximum absolute atomic E-state index is 12.6. The Bertz CT molecular complexity index is 1050. The molecule has 1 N–H and O–H groups in total. The summed E-state index contributed by atoms with van der Waals surface area (Å²) in [7, 11) is -3.47. The summed E-state index contributed by atoms with van der Waals surface area (Å²) in [5.41, 5.74) is 1.83. The molecule has 1 fully saturated rings. The molecule has 0 bridgehead atoms. The van der Waals surface area contributed by atoms with Crippen LogP contribution in [0.5, 0.6) is 0 Å².